The van der Waals surface area contributed by atoms with Crippen molar-refractivity contribution in [2.75, 3.05) is 20.6 Å². The number of rotatable bonds is 5. The van der Waals surface area contributed by atoms with E-state index in [1.165, 1.54) is 14.1 Å². The lowest BCUT2D eigenvalue weighted by Gasteiger charge is -2.11. The van der Waals surface area contributed by atoms with Crippen LogP contribution < -0.4 is 4.72 Å². The maximum Gasteiger partial charge on any atom is 0.278 e. The second-order valence-corrected chi connectivity index (χ2v) is 5.34. The number of hydrogen-bond acceptors (Lipinski definition) is 4. The molecule has 86 valence electrons. The molecule has 0 aromatic carbocycles. The van der Waals surface area contributed by atoms with E-state index < -0.39 is 10.2 Å². The average Bonchev–Trinajstić information content (AvgIpc) is 2.51. The topological polar surface area (TPSA) is 75.4 Å². The Labute approximate surface area is 89.4 Å². The van der Waals surface area contributed by atoms with Gasteiger partial charge in [-0.25, -0.2) is 4.72 Å². The van der Waals surface area contributed by atoms with Gasteiger partial charge in [-0.05, 0) is 6.92 Å². The van der Waals surface area contributed by atoms with E-state index in [2.05, 4.69) is 9.88 Å². The van der Waals surface area contributed by atoms with Crippen LogP contribution in [0.4, 0.5) is 0 Å². The SMILES string of the molecule is Cc1cc(CCNS(=O)(=O)N(C)C)on1. The highest BCUT2D eigenvalue weighted by Crippen LogP contribution is 2.02. The van der Waals surface area contributed by atoms with Crippen molar-refractivity contribution in [2.24, 2.45) is 0 Å². The highest BCUT2D eigenvalue weighted by molar-refractivity contribution is 7.87. The molecule has 6 nitrogen and oxygen atoms in total. The minimum atomic E-state index is -3.34. The van der Waals surface area contributed by atoms with Gasteiger partial charge in [-0.1, -0.05) is 5.16 Å². The molecule has 7 heteroatoms. The lowest BCUT2D eigenvalue weighted by atomic mass is 10.3. The predicted octanol–water partition coefficient (Wildman–Crippen LogP) is -0.0785. The first kappa shape index (κ1) is 12.2. The normalized spacial score (nSPS) is 12.3. The third-order valence-electron chi connectivity index (χ3n) is 1.81. The molecule has 0 atom stereocenters. The van der Waals surface area contributed by atoms with Gasteiger partial charge < -0.3 is 4.52 Å². The molecule has 1 heterocycles. The van der Waals surface area contributed by atoms with E-state index in [1.54, 1.807) is 6.07 Å². The van der Waals surface area contributed by atoms with E-state index in [1.807, 2.05) is 6.92 Å². The number of nitrogens with zero attached hydrogens (tertiary/aromatic N) is 2. The van der Waals surface area contributed by atoms with Crippen LogP contribution in [0.3, 0.4) is 0 Å². The van der Waals surface area contributed by atoms with Crippen LogP contribution in [0.1, 0.15) is 11.5 Å². The van der Waals surface area contributed by atoms with Crippen molar-refractivity contribution >= 4 is 10.2 Å². The number of nitrogens with one attached hydrogen (secondary N) is 1. The number of hydrogen-bond donors (Lipinski definition) is 1. The summed E-state index contributed by atoms with van der Waals surface area (Å²) in [6, 6.07) is 1.78. The van der Waals surface area contributed by atoms with Gasteiger partial charge >= 0.3 is 0 Å². The first-order valence-electron chi connectivity index (χ1n) is 4.51. The summed E-state index contributed by atoms with van der Waals surface area (Å²) in [5, 5.41) is 3.70. The summed E-state index contributed by atoms with van der Waals surface area (Å²) in [6.07, 6.45) is 0.494. The molecule has 0 fully saturated rings. The third kappa shape index (κ3) is 3.61. The first-order chi connectivity index (χ1) is 6.92. The molecule has 0 radical (unpaired) electrons. The molecular weight excluding hydrogens is 218 g/mol. The molecule has 1 rings (SSSR count). The molecule has 0 unspecified atom stereocenters. The highest BCUT2D eigenvalue weighted by Gasteiger charge is 2.12. The van der Waals surface area contributed by atoms with Crippen molar-refractivity contribution in [1.29, 1.82) is 0 Å². The van der Waals surface area contributed by atoms with Crippen LogP contribution in [0.2, 0.25) is 0 Å². The monoisotopic (exact) mass is 233 g/mol. The maximum atomic E-state index is 11.3. The molecule has 1 aromatic rings. The Hall–Kier alpha value is -0.920. The summed E-state index contributed by atoms with van der Waals surface area (Å²) in [5.41, 5.74) is 0.792. The van der Waals surface area contributed by atoms with Gasteiger partial charge in [0.2, 0.25) is 0 Å². The Bertz CT molecular complexity index is 411. The standard InChI is InChI=1S/C8H15N3O3S/c1-7-6-8(14-10-7)4-5-9-15(12,13)11(2)3/h6,9H,4-5H2,1-3H3. The van der Waals surface area contributed by atoms with E-state index >= 15 is 0 Å². The largest absolute Gasteiger partial charge is 0.361 e. The van der Waals surface area contributed by atoms with Crippen LogP contribution in [-0.4, -0.2) is 38.5 Å². The van der Waals surface area contributed by atoms with Crippen molar-refractivity contribution in [3.63, 3.8) is 0 Å². The van der Waals surface area contributed by atoms with Gasteiger partial charge in [0, 0.05) is 33.1 Å². The molecule has 0 aliphatic carbocycles. The minimum absolute atomic E-state index is 0.301. The van der Waals surface area contributed by atoms with E-state index in [4.69, 9.17) is 4.52 Å². The summed E-state index contributed by atoms with van der Waals surface area (Å²) in [6.45, 7) is 2.12. The average molecular weight is 233 g/mol. The van der Waals surface area contributed by atoms with E-state index in [0.29, 0.717) is 18.7 Å². The van der Waals surface area contributed by atoms with Crippen LogP contribution in [0.25, 0.3) is 0 Å². The van der Waals surface area contributed by atoms with Gasteiger partial charge in [0.25, 0.3) is 10.2 Å². The van der Waals surface area contributed by atoms with Crippen molar-refractivity contribution in [2.45, 2.75) is 13.3 Å². The second kappa shape index (κ2) is 4.73. The van der Waals surface area contributed by atoms with Gasteiger partial charge in [-0.2, -0.15) is 12.7 Å². The molecule has 0 amide bonds. The zero-order chi connectivity index (χ0) is 11.5. The Balaban J connectivity index is 2.40. The molecule has 0 aliphatic heterocycles. The molecule has 1 aromatic heterocycles. The second-order valence-electron chi connectivity index (χ2n) is 3.37. The fourth-order valence-electron chi connectivity index (χ4n) is 0.966. The summed E-state index contributed by atoms with van der Waals surface area (Å²) >= 11 is 0. The minimum Gasteiger partial charge on any atom is -0.361 e. The van der Waals surface area contributed by atoms with Crippen LogP contribution >= 0.6 is 0 Å². The van der Waals surface area contributed by atoms with Crippen LogP contribution in [0, 0.1) is 6.92 Å². The lowest BCUT2D eigenvalue weighted by Crippen LogP contribution is -2.36. The van der Waals surface area contributed by atoms with Crippen LogP contribution in [0.5, 0.6) is 0 Å². The molecule has 1 N–H and O–H groups in total. The van der Waals surface area contributed by atoms with Gasteiger partial charge in [0.15, 0.2) is 0 Å². The van der Waals surface area contributed by atoms with Crippen molar-refractivity contribution in [3.8, 4) is 0 Å². The predicted molar refractivity (Wildman–Crippen MR) is 55.6 cm³/mol. The van der Waals surface area contributed by atoms with E-state index in [0.717, 1.165) is 10.00 Å². The van der Waals surface area contributed by atoms with Crippen molar-refractivity contribution < 1.29 is 12.9 Å². The first-order valence-corrected chi connectivity index (χ1v) is 5.95. The Morgan fingerprint density at radius 2 is 2.20 bits per heavy atom. The van der Waals surface area contributed by atoms with Gasteiger partial charge in [0.05, 0.1) is 5.69 Å². The lowest BCUT2D eigenvalue weighted by molar-refractivity contribution is 0.379. The molecular formula is C8H15N3O3S. The molecule has 0 saturated carbocycles. The zero-order valence-corrected chi connectivity index (χ0v) is 9.84. The molecule has 15 heavy (non-hydrogen) atoms. The molecule has 0 bridgehead atoms. The smallest absolute Gasteiger partial charge is 0.278 e. The number of aromatic nitrogens is 1. The van der Waals surface area contributed by atoms with E-state index in [9.17, 15) is 8.42 Å². The third-order valence-corrected chi connectivity index (χ3v) is 3.34. The summed E-state index contributed by atoms with van der Waals surface area (Å²) in [7, 11) is -0.394. The molecule has 0 saturated heterocycles. The summed E-state index contributed by atoms with van der Waals surface area (Å²) in [4.78, 5) is 0. The Morgan fingerprint density at radius 1 is 1.53 bits per heavy atom. The fraction of sp³-hybridized carbons (Fsp3) is 0.625. The Kier molecular flexibility index (Phi) is 3.83. The van der Waals surface area contributed by atoms with Gasteiger partial charge in [-0.3, -0.25) is 0 Å². The molecule has 0 aliphatic rings. The summed E-state index contributed by atoms with van der Waals surface area (Å²) in [5.74, 6) is 0.675. The van der Waals surface area contributed by atoms with Crippen LogP contribution in [0.15, 0.2) is 10.6 Å². The van der Waals surface area contributed by atoms with Crippen molar-refractivity contribution in [1.82, 2.24) is 14.2 Å². The fourth-order valence-corrected chi connectivity index (χ4v) is 1.58. The molecule has 0 spiro atoms. The van der Waals surface area contributed by atoms with E-state index in [-0.39, 0.29) is 0 Å². The Morgan fingerprint density at radius 3 is 2.67 bits per heavy atom. The summed E-state index contributed by atoms with van der Waals surface area (Å²) < 4.78 is 31.1. The van der Waals surface area contributed by atoms with Gasteiger partial charge in [0.1, 0.15) is 5.76 Å². The van der Waals surface area contributed by atoms with Crippen LogP contribution in [-0.2, 0) is 16.6 Å². The van der Waals surface area contributed by atoms with Crippen molar-refractivity contribution in [3.05, 3.63) is 17.5 Å². The maximum absolute atomic E-state index is 11.3. The number of aryl methyl sites for hydroxylation is 1. The zero-order valence-electron chi connectivity index (χ0n) is 9.02. The quantitative estimate of drug-likeness (QED) is 0.772. The highest BCUT2D eigenvalue weighted by atomic mass is 32.2. The van der Waals surface area contributed by atoms with Gasteiger partial charge in [-0.15, -0.1) is 0 Å².